The molecule has 1 aromatic heterocycles. The Morgan fingerprint density at radius 1 is 1.78 bits per heavy atom. The lowest BCUT2D eigenvalue weighted by molar-refractivity contribution is 0.681. The number of alkyl halides is 1. The quantitative estimate of drug-likeness (QED) is 0.624. The van der Waals surface area contributed by atoms with Crippen LogP contribution in [0.4, 0.5) is 0 Å². The molecule has 0 saturated carbocycles. The Morgan fingerprint density at radius 3 is 2.67 bits per heavy atom. The minimum Gasteiger partial charge on any atom is -0.251 e. The third kappa shape index (κ3) is 1.30. The second-order valence-corrected chi connectivity index (χ2v) is 3.27. The van der Waals surface area contributed by atoms with Gasteiger partial charge in [0.05, 0.1) is 16.7 Å². The lowest BCUT2D eigenvalue weighted by Gasteiger charge is -1.99. The minimum absolute atomic E-state index is 0.331. The smallest absolute Gasteiger partial charge is 0.0736 e. The molecule has 1 heterocycles. The van der Waals surface area contributed by atoms with Crippen molar-refractivity contribution in [1.29, 1.82) is 0 Å². The zero-order chi connectivity index (χ0) is 6.85. The van der Waals surface area contributed by atoms with Crippen molar-refractivity contribution in [1.82, 2.24) is 15.0 Å². The standard InChI is InChI=1S/C5H8BrN3/c1-4(6)5-3-7-8-9(5)2/h3-4H,1-2H3/t4-/m1/s1. The summed E-state index contributed by atoms with van der Waals surface area (Å²) in [6, 6.07) is 0. The topological polar surface area (TPSA) is 30.7 Å². The van der Waals surface area contributed by atoms with Gasteiger partial charge in [-0.2, -0.15) is 0 Å². The molecule has 0 spiro atoms. The molecule has 0 saturated heterocycles. The summed E-state index contributed by atoms with van der Waals surface area (Å²) in [6.07, 6.45) is 1.75. The van der Waals surface area contributed by atoms with Gasteiger partial charge < -0.3 is 0 Å². The van der Waals surface area contributed by atoms with Crippen LogP contribution in [-0.2, 0) is 7.05 Å². The van der Waals surface area contributed by atoms with Crippen LogP contribution in [0.15, 0.2) is 6.20 Å². The molecule has 3 nitrogen and oxygen atoms in total. The maximum Gasteiger partial charge on any atom is 0.0736 e. The Bertz CT molecular complexity index is 194. The molecule has 0 radical (unpaired) electrons. The zero-order valence-electron chi connectivity index (χ0n) is 5.37. The van der Waals surface area contributed by atoms with Crippen molar-refractivity contribution in [3.63, 3.8) is 0 Å². The van der Waals surface area contributed by atoms with Crippen molar-refractivity contribution in [2.45, 2.75) is 11.8 Å². The summed E-state index contributed by atoms with van der Waals surface area (Å²) in [4.78, 5) is 0.331. The van der Waals surface area contributed by atoms with E-state index >= 15 is 0 Å². The molecule has 1 rings (SSSR count). The average Bonchev–Trinajstić information content (AvgIpc) is 2.13. The fraction of sp³-hybridized carbons (Fsp3) is 0.600. The van der Waals surface area contributed by atoms with Crippen molar-refractivity contribution in [2.75, 3.05) is 0 Å². The van der Waals surface area contributed by atoms with E-state index < -0.39 is 0 Å². The first kappa shape index (κ1) is 6.74. The van der Waals surface area contributed by atoms with Crippen molar-refractivity contribution in [3.8, 4) is 0 Å². The van der Waals surface area contributed by atoms with Gasteiger partial charge in [0.15, 0.2) is 0 Å². The Labute approximate surface area is 62.2 Å². The average molecular weight is 190 g/mol. The highest BCUT2D eigenvalue weighted by Crippen LogP contribution is 2.18. The summed E-state index contributed by atoms with van der Waals surface area (Å²) in [7, 11) is 1.88. The third-order valence-electron chi connectivity index (χ3n) is 1.16. The number of aromatic nitrogens is 3. The summed E-state index contributed by atoms with van der Waals surface area (Å²) in [6.45, 7) is 2.04. The first-order valence-corrected chi connectivity index (χ1v) is 3.62. The van der Waals surface area contributed by atoms with Gasteiger partial charge in [0.25, 0.3) is 0 Å². The van der Waals surface area contributed by atoms with Crippen LogP contribution in [0.2, 0.25) is 0 Å². The molecule has 1 aromatic rings. The predicted molar refractivity (Wildman–Crippen MR) is 38.3 cm³/mol. The van der Waals surface area contributed by atoms with Crippen molar-refractivity contribution in [2.24, 2.45) is 7.05 Å². The lowest BCUT2D eigenvalue weighted by Crippen LogP contribution is -1.97. The molecule has 0 aliphatic heterocycles. The Kier molecular flexibility index (Phi) is 1.85. The van der Waals surface area contributed by atoms with E-state index in [2.05, 4.69) is 26.2 Å². The third-order valence-corrected chi connectivity index (χ3v) is 1.63. The minimum atomic E-state index is 0.331. The van der Waals surface area contributed by atoms with E-state index in [-0.39, 0.29) is 0 Å². The first-order valence-electron chi connectivity index (χ1n) is 2.70. The Hall–Kier alpha value is -0.380. The predicted octanol–water partition coefficient (Wildman–Crippen LogP) is 1.27. The second kappa shape index (κ2) is 2.47. The van der Waals surface area contributed by atoms with Crippen molar-refractivity contribution >= 4 is 15.9 Å². The molecule has 0 unspecified atom stereocenters. The molecule has 0 aliphatic rings. The molecule has 0 N–H and O–H groups in total. The van der Waals surface area contributed by atoms with Crippen molar-refractivity contribution < 1.29 is 0 Å². The highest BCUT2D eigenvalue weighted by atomic mass is 79.9. The van der Waals surface area contributed by atoms with Crippen LogP contribution in [0.3, 0.4) is 0 Å². The van der Waals surface area contributed by atoms with E-state index in [9.17, 15) is 0 Å². The Morgan fingerprint density at radius 2 is 2.44 bits per heavy atom. The van der Waals surface area contributed by atoms with E-state index in [1.807, 2.05) is 14.0 Å². The second-order valence-electron chi connectivity index (χ2n) is 1.90. The van der Waals surface area contributed by atoms with E-state index in [1.54, 1.807) is 10.9 Å². The summed E-state index contributed by atoms with van der Waals surface area (Å²) >= 11 is 3.41. The maximum absolute atomic E-state index is 3.77. The van der Waals surface area contributed by atoms with Gasteiger partial charge in [0.2, 0.25) is 0 Å². The fourth-order valence-electron chi connectivity index (χ4n) is 0.658. The number of hydrogen-bond acceptors (Lipinski definition) is 2. The largest absolute Gasteiger partial charge is 0.251 e. The lowest BCUT2D eigenvalue weighted by atomic mass is 10.4. The monoisotopic (exact) mass is 189 g/mol. The van der Waals surface area contributed by atoms with Gasteiger partial charge in [-0.25, -0.2) is 0 Å². The molecule has 50 valence electrons. The summed E-state index contributed by atoms with van der Waals surface area (Å²) in [5, 5.41) is 7.50. The van der Waals surface area contributed by atoms with Crippen LogP contribution in [0.1, 0.15) is 17.4 Å². The van der Waals surface area contributed by atoms with Crippen LogP contribution < -0.4 is 0 Å². The highest BCUT2D eigenvalue weighted by molar-refractivity contribution is 9.09. The summed E-state index contributed by atoms with van der Waals surface area (Å²) < 4.78 is 1.75. The number of rotatable bonds is 1. The van der Waals surface area contributed by atoms with E-state index in [1.165, 1.54) is 0 Å². The van der Waals surface area contributed by atoms with Gasteiger partial charge >= 0.3 is 0 Å². The summed E-state index contributed by atoms with van der Waals surface area (Å²) in [5.41, 5.74) is 1.09. The van der Waals surface area contributed by atoms with E-state index in [0.717, 1.165) is 5.69 Å². The molecular formula is C5H8BrN3. The molecule has 0 amide bonds. The normalized spacial score (nSPS) is 13.7. The molecule has 0 bridgehead atoms. The van der Waals surface area contributed by atoms with Gasteiger partial charge in [0.1, 0.15) is 0 Å². The number of hydrogen-bond donors (Lipinski definition) is 0. The maximum atomic E-state index is 3.77. The van der Waals surface area contributed by atoms with Crippen LogP contribution in [0.25, 0.3) is 0 Å². The van der Waals surface area contributed by atoms with Crippen LogP contribution in [0.5, 0.6) is 0 Å². The van der Waals surface area contributed by atoms with Gasteiger partial charge in [-0.15, -0.1) is 5.10 Å². The van der Waals surface area contributed by atoms with E-state index in [4.69, 9.17) is 0 Å². The first-order chi connectivity index (χ1) is 4.22. The fourth-order valence-corrected chi connectivity index (χ4v) is 1.07. The van der Waals surface area contributed by atoms with Crippen LogP contribution in [-0.4, -0.2) is 15.0 Å². The van der Waals surface area contributed by atoms with Gasteiger partial charge in [-0.3, -0.25) is 4.68 Å². The highest BCUT2D eigenvalue weighted by Gasteiger charge is 2.04. The molecular weight excluding hydrogens is 182 g/mol. The molecule has 0 aromatic carbocycles. The van der Waals surface area contributed by atoms with Gasteiger partial charge in [-0.05, 0) is 6.92 Å². The molecule has 0 aliphatic carbocycles. The van der Waals surface area contributed by atoms with E-state index in [0.29, 0.717) is 4.83 Å². The van der Waals surface area contributed by atoms with Crippen LogP contribution in [0, 0.1) is 0 Å². The van der Waals surface area contributed by atoms with Crippen LogP contribution >= 0.6 is 15.9 Å². The number of aryl methyl sites for hydroxylation is 1. The number of halogens is 1. The molecule has 1 atom stereocenters. The van der Waals surface area contributed by atoms with Crippen molar-refractivity contribution in [3.05, 3.63) is 11.9 Å². The summed E-state index contributed by atoms with van der Waals surface area (Å²) in [5.74, 6) is 0. The molecule has 0 fully saturated rings. The SMILES string of the molecule is C[C@@H](Br)c1cnnn1C. The Balaban J connectivity index is 2.94. The van der Waals surface area contributed by atoms with Gasteiger partial charge in [-0.1, -0.05) is 21.1 Å². The van der Waals surface area contributed by atoms with Gasteiger partial charge in [0, 0.05) is 7.05 Å². The zero-order valence-corrected chi connectivity index (χ0v) is 6.96. The molecule has 9 heavy (non-hydrogen) atoms. The molecule has 4 heteroatoms. The number of nitrogens with zero attached hydrogens (tertiary/aromatic N) is 3.